The molecule has 0 aliphatic carbocycles. The molecule has 1 heterocycles. The van der Waals surface area contributed by atoms with Crippen LogP contribution in [0.1, 0.15) is 15.2 Å². The Morgan fingerprint density at radius 1 is 1.37 bits per heavy atom. The molecular formula is C13H11NO4S. The lowest BCUT2D eigenvalue weighted by molar-refractivity contribution is -0.385. The van der Waals surface area contributed by atoms with Crippen LogP contribution in [-0.4, -0.2) is 17.8 Å². The van der Waals surface area contributed by atoms with E-state index >= 15 is 0 Å². The van der Waals surface area contributed by atoms with E-state index in [0.29, 0.717) is 16.2 Å². The van der Waals surface area contributed by atoms with Crippen molar-refractivity contribution < 1.29 is 14.5 Å². The first kappa shape index (κ1) is 13.2. The topological polar surface area (TPSA) is 69.4 Å². The molecule has 5 nitrogen and oxygen atoms in total. The summed E-state index contributed by atoms with van der Waals surface area (Å²) in [5, 5.41) is 12.6. The SMILES string of the molecule is COc1ccsc1C(=O)Cc1ccccc1[N+](=O)[O-]. The van der Waals surface area contributed by atoms with Crippen molar-refractivity contribution in [2.45, 2.75) is 6.42 Å². The van der Waals surface area contributed by atoms with E-state index in [0.717, 1.165) is 0 Å². The molecule has 0 atom stereocenters. The third-order valence-electron chi connectivity index (χ3n) is 2.64. The van der Waals surface area contributed by atoms with Gasteiger partial charge in [0.1, 0.15) is 10.6 Å². The van der Waals surface area contributed by atoms with Gasteiger partial charge in [0.05, 0.1) is 12.0 Å². The number of rotatable bonds is 5. The highest BCUT2D eigenvalue weighted by molar-refractivity contribution is 7.12. The number of nitro groups is 1. The fraction of sp³-hybridized carbons (Fsp3) is 0.154. The van der Waals surface area contributed by atoms with Gasteiger partial charge in [-0.05, 0) is 11.4 Å². The molecule has 98 valence electrons. The van der Waals surface area contributed by atoms with Crippen molar-refractivity contribution in [3.8, 4) is 5.75 Å². The third kappa shape index (κ3) is 2.79. The molecule has 0 aliphatic heterocycles. The van der Waals surface area contributed by atoms with E-state index in [-0.39, 0.29) is 17.9 Å². The van der Waals surface area contributed by atoms with Crippen LogP contribution in [0.4, 0.5) is 5.69 Å². The van der Waals surface area contributed by atoms with Gasteiger partial charge in [-0.1, -0.05) is 18.2 Å². The van der Waals surface area contributed by atoms with E-state index in [4.69, 9.17) is 4.74 Å². The number of carbonyl (C=O) groups excluding carboxylic acids is 1. The van der Waals surface area contributed by atoms with E-state index in [2.05, 4.69) is 0 Å². The average molecular weight is 277 g/mol. The zero-order valence-electron chi connectivity index (χ0n) is 10.2. The average Bonchev–Trinajstić information content (AvgIpc) is 2.87. The lowest BCUT2D eigenvalue weighted by atomic mass is 10.1. The number of nitro benzene ring substituents is 1. The fourth-order valence-electron chi connectivity index (χ4n) is 1.75. The quantitative estimate of drug-likeness (QED) is 0.478. The van der Waals surface area contributed by atoms with Crippen molar-refractivity contribution in [2.24, 2.45) is 0 Å². The summed E-state index contributed by atoms with van der Waals surface area (Å²) in [5.74, 6) is 0.328. The summed E-state index contributed by atoms with van der Waals surface area (Å²) in [6, 6.07) is 7.96. The molecule has 2 rings (SSSR count). The van der Waals surface area contributed by atoms with Crippen LogP contribution in [0.25, 0.3) is 0 Å². The number of methoxy groups -OCH3 is 1. The minimum atomic E-state index is -0.478. The first-order valence-electron chi connectivity index (χ1n) is 5.50. The Balaban J connectivity index is 2.27. The maximum Gasteiger partial charge on any atom is 0.273 e. The minimum absolute atomic E-state index is 0.00593. The first-order valence-corrected chi connectivity index (χ1v) is 6.38. The molecule has 1 aromatic heterocycles. The van der Waals surface area contributed by atoms with Crippen LogP contribution in [0.5, 0.6) is 5.75 Å². The number of carbonyl (C=O) groups is 1. The second-order valence-corrected chi connectivity index (χ2v) is 4.72. The molecule has 0 saturated carbocycles. The van der Waals surface area contributed by atoms with Crippen LogP contribution >= 0.6 is 11.3 Å². The van der Waals surface area contributed by atoms with Crippen molar-refractivity contribution in [3.05, 3.63) is 56.3 Å². The van der Waals surface area contributed by atoms with E-state index in [1.165, 1.54) is 24.5 Å². The van der Waals surface area contributed by atoms with Gasteiger partial charge in [0, 0.05) is 18.1 Å². The molecule has 0 aliphatic rings. The summed E-state index contributed by atoms with van der Waals surface area (Å²) in [5.41, 5.74) is 0.374. The predicted octanol–water partition coefficient (Wildman–Crippen LogP) is 3.09. The molecule has 0 radical (unpaired) electrons. The van der Waals surface area contributed by atoms with Gasteiger partial charge in [-0.15, -0.1) is 11.3 Å². The zero-order valence-corrected chi connectivity index (χ0v) is 11.0. The molecule has 0 amide bonds. The number of para-hydroxylation sites is 1. The Morgan fingerprint density at radius 3 is 2.79 bits per heavy atom. The molecule has 1 aromatic carbocycles. The maximum atomic E-state index is 12.1. The van der Waals surface area contributed by atoms with Gasteiger partial charge in [0.15, 0.2) is 5.78 Å². The van der Waals surface area contributed by atoms with E-state index in [9.17, 15) is 14.9 Å². The smallest absolute Gasteiger partial charge is 0.273 e. The highest BCUT2D eigenvalue weighted by Gasteiger charge is 2.19. The highest BCUT2D eigenvalue weighted by Crippen LogP contribution is 2.27. The zero-order chi connectivity index (χ0) is 13.8. The molecule has 0 unspecified atom stereocenters. The van der Waals surface area contributed by atoms with Crippen molar-refractivity contribution >= 4 is 22.8 Å². The van der Waals surface area contributed by atoms with Crippen molar-refractivity contribution in [1.29, 1.82) is 0 Å². The van der Waals surface area contributed by atoms with Crippen molar-refractivity contribution in [3.63, 3.8) is 0 Å². The van der Waals surface area contributed by atoms with E-state index in [1.807, 2.05) is 0 Å². The van der Waals surface area contributed by atoms with Gasteiger partial charge >= 0.3 is 0 Å². The van der Waals surface area contributed by atoms with E-state index < -0.39 is 4.92 Å². The summed E-state index contributed by atoms with van der Waals surface area (Å²) in [6.45, 7) is 0. The van der Waals surface area contributed by atoms with Gasteiger partial charge in [-0.3, -0.25) is 14.9 Å². The standard InChI is InChI=1S/C13H11NO4S/c1-18-12-6-7-19-13(12)11(15)8-9-4-2-3-5-10(9)14(16)17/h2-7H,8H2,1H3. The Labute approximate surface area is 113 Å². The monoisotopic (exact) mass is 277 g/mol. The van der Waals surface area contributed by atoms with Gasteiger partial charge < -0.3 is 4.74 Å². The van der Waals surface area contributed by atoms with Crippen molar-refractivity contribution in [2.75, 3.05) is 7.11 Å². The van der Waals surface area contributed by atoms with Crippen LogP contribution in [-0.2, 0) is 6.42 Å². The molecule has 6 heteroatoms. The highest BCUT2D eigenvalue weighted by atomic mass is 32.1. The summed E-state index contributed by atoms with van der Waals surface area (Å²) < 4.78 is 5.08. The molecule has 0 fully saturated rings. The summed E-state index contributed by atoms with van der Waals surface area (Å²) in [6.07, 6.45) is -0.00593. The normalized spacial score (nSPS) is 10.2. The summed E-state index contributed by atoms with van der Waals surface area (Å²) in [7, 11) is 1.49. The van der Waals surface area contributed by atoms with Gasteiger partial charge in [0.2, 0.25) is 0 Å². The fourth-order valence-corrected chi connectivity index (χ4v) is 2.55. The first-order chi connectivity index (χ1) is 9.13. The maximum absolute atomic E-state index is 12.1. The number of Topliss-reactive ketones (excluding diaryl/α,β-unsaturated/α-hetero) is 1. The number of benzene rings is 1. The Morgan fingerprint density at radius 2 is 2.11 bits per heavy atom. The molecule has 0 saturated heterocycles. The number of hydrogen-bond donors (Lipinski definition) is 0. The number of thiophene rings is 1. The molecule has 2 aromatic rings. The van der Waals surface area contributed by atoms with Gasteiger partial charge in [-0.2, -0.15) is 0 Å². The number of hydrogen-bond acceptors (Lipinski definition) is 5. The summed E-state index contributed by atoms with van der Waals surface area (Å²) >= 11 is 1.27. The second-order valence-electron chi connectivity index (χ2n) is 3.80. The van der Waals surface area contributed by atoms with Crippen molar-refractivity contribution in [1.82, 2.24) is 0 Å². The van der Waals surface area contributed by atoms with Crippen LogP contribution in [0, 0.1) is 10.1 Å². The van der Waals surface area contributed by atoms with Crippen LogP contribution in [0.2, 0.25) is 0 Å². The minimum Gasteiger partial charge on any atom is -0.495 e. The van der Waals surface area contributed by atoms with Crippen LogP contribution in [0.3, 0.4) is 0 Å². The van der Waals surface area contributed by atoms with Crippen LogP contribution in [0.15, 0.2) is 35.7 Å². The number of ketones is 1. The van der Waals surface area contributed by atoms with Gasteiger partial charge in [0.25, 0.3) is 5.69 Å². The Kier molecular flexibility index (Phi) is 3.91. The van der Waals surface area contributed by atoms with Crippen LogP contribution < -0.4 is 4.74 Å². The second kappa shape index (κ2) is 5.62. The lowest BCUT2D eigenvalue weighted by Gasteiger charge is -2.03. The number of ether oxygens (including phenoxy) is 1. The Hall–Kier alpha value is -2.21. The van der Waals surface area contributed by atoms with Gasteiger partial charge in [-0.25, -0.2) is 0 Å². The third-order valence-corrected chi connectivity index (χ3v) is 3.58. The molecule has 0 spiro atoms. The predicted molar refractivity (Wildman–Crippen MR) is 72.0 cm³/mol. The lowest BCUT2D eigenvalue weighted by Crippen LogP contribution is -2.05. The number of nitrogens with zero attached hydrogens (tertiary/aromatic N) is 1. The molecule has 0 N–H and O–H groups in total. The van der Waals surface area contributed by atoms with E-state index in [1.54, 1.807) is 29.6 Å². The largest absolute Gasteiger partial charge is 0.495 e. The molecular weight excluding hydrogens is 266 g/mol. The Bertz CT molecular complexity index is 621. The molecule has 0 bridgehead atoms. The molecule has 19 heavy (non-hydrogen) atoms. The summed E-state index contributed by atoms with van der Waals surface area (Å²) in [4.78, 5) is 23.0.